The molecule has 0 unspecified atom stereocenters. The highest BCUT2D eigenvalue weighted by Crippen LogP contribution is 2.44. The predicted octanol–water partition coefficient (Wildman–Crippen LogP) is 5.08. The van der Waals surface area contributed by atoms with Crippen molar-refractivity contribution in [3.05, 3.63) is 101 Å². The molecule has 0 saturated heterocycles. The number of carbonyl (C=O) groups is 2. The van der Waals surface area contributed by atoms with Gasteiger partial charge in [0.05, 0.1) is 5.52 Å². The molecule has 0 radical (unpaired) electrons. The molecule has 6 heteroatoms. The molecule has 1 aliphatic rings. The zero-order valence-electron chi connectivity index (χ0n) is 18.7. The van der Waals surface area contributed by atoms with Crippen LogP contribution in [0, 0.1) is 6.92 Å². The molecule has 0 aliphatic heterocycles. The standard InChI is InChI=1S/C28H24N2O4/c1-17-14-18(19-8-6-7-13-25(19)29-17)15-26(27(31)32)30-28(33)34-16-24-22-11-4-2-9-20(22)21-10-3-5-12-23(21)24/h2-14,24,26H,15-16H2,1H3,(H,30,33)(H,31,32)/t26-/m0/s1. The van der Waals surface area contributed by atoms with Crippen molar-refractivity contribution in [1.82, 2.24) is 10.3 Å². The van der Waals surface area contributed by atoms with Gasteiger partial charge in [-0.3, -0.25) is 4.98 Å². The van der Waals surface area contributed by atoms with Gasteiger partial charge >= 0.3 is 12.1 Å². The van der Waals surface area contributed by atoms with Gasteiger partial charge in [0.1, 0.15) is 12.6 Å². The van der Waals surface area contributed by atoms with Crippen molar-refractivity contribution in [2.45, 2.75) is 25.3 Å². The molecule has 1 atom stereocenters. The van der Waals surface area contributed by atoms with Crippen LogP contribution in [0.2, 0.25) is 0 Å². The van der Waals surface area contributed by atoms with Crippen LogP contribution in [0.3, 0.4) is 0 Å². The number of para-hydroxylation sites is 1. The molecule has 1 heterocycles. The summed E-state index contributed by atoms with van der Waals surface area (Å²) >= 11 is 0. The van der Waals surface area contributed by atoms with Gasteiger partial charge in [0.15, 0.2) is 0 Å². The first-order valence-corrected chi connectivity index (χ1v) is 11.2. The van der Waals surface area contributed by atoms with Gasteiger partial charge < -0.3 is 15.2 Å². The maximum Gasteiger partial charge on any atom is 0.407 e. The van der Waals surface area contributed by atoms with E-state index in [4.69, 9.17) is 4.74 Å². The molecule has 5 rings (SSSR count). The third-order valence-electron chi connectivity index (χ3n) is 6.29. The number of alkyl carbamates (subject to hydrolysis) is 1. The fourth-order valence-corrected chi connectivity index (χ4v) is 4.77. The number of nitrogens with zero attached hydrogens (tertiary/aromatic N) is 1. The Labute approximate surface area is 197 Å². The van der Waals surface area contributed by atoms with Gasteiger partial charge in [-0.15, -0.1) is 0 Å². The molecule has 4 aromatic rings. The molecular weight excluding hydrogens is 428 g/mol. The predicted molar refractivity (Wildman–Crippen MR) is 130 cm³/mol. The van der Waals surface area contributed by atoms with E-state index < -0.39 is 18.1 Å². The van der Waals surface area contributed by atoms with E-state index in [-0.39, 0.29) is 18.9 Å². The van der Waals surface area contributed by atoms with E-state index in [2.05, 4.69) is 22.4 Å². The summed E-state index contributed by atoms with van der Waals surface area (Å²) in [7, 11) is 0. The number of fused-ring (bicyclic) bond motifs is 4. The van der Waals surface area contributed by atoms with E-state index in [1.807, 2.05) is 73.7 Å². The molecule has 1 aromatic heterocycles. The number of hydrogen-bond donors (Lipinski definition) is 2. The van der Waals surface area contributed by atoms with Gasteiger partial charge in [-0.05, 0) is 46.9 Å². The molecule has 1 aliphatic carbocycles. The number of amides is 1. The highest BCUT2D eigenvalue weighted by Gasteiger charge is 2.30. The summed E-state index contributed by atoms with van der Waals surface area (Å²) in [5, 5.41) is 13.2. The molecule has 0 saturated carbocycles. The van der Waals surface area contributed by atoms with Crippen molar-refractivity contribution in [3.63, 3.8) is 0 Å². The zero-order chi connectivity index (χ0) is 23.7. The lowest BCUT2D eigenvalue weighted by molar-refractivity contribution is -0.139. The van der Waals surface area contributed by atoms with Gasteiger partial charge in [0, 0.05) is 23.4 Å². The number of carboxylic acids is 1. The third-order valence-corrected chi connectivity index (χ3v) is 6.29. The fraction of sp³-hybridized carbons (Fsp3) is 0.179. The monoisotopic (exact) mass is 452 g/mol. The molecule has 0 fully saturated rings. The maximum absolute atomic E-state index is 12.7. The Kier molecular flexibility index (Phi) is 5.72. The van der Waals surface area contributed by atoms with Crippen LogP contribution in [0.1, 0.15) is 28.3 Å². The second-order valence-corrected chi connectivity index (χ2v) is 8.50. The van der Waals surface area contributed by atoms with E-state index in [0.717, 1.165) is 44.4 Å². The number of pyridine rings is 1. The number of rotatable bonds is 6. The molecule has 0 spiro atoms. The first kappa shape index (κ1) is 21.6. The maximum atomic E-state index is 12.7. The first-order valence-electron chi connectivity index (χ1n) is 11.2. The molecular formula is C28H24N2O4. The molecule has 3 aromatic carbocycles. The van der Waals surface area contributed by atoms with E-state index in [0.29, 0.717) is 0 Å². The third kappa shape index (κ3) is 4.10. The van der Waals surface area contributed by atoms with E-state index in [1.54, 1.807) is 0 Å². The summed E-state index contributed by atoms with van der Waals surface area (Å²) in [6.45, 7) is 1.99. The lowest BCUT2D eigenvalue weighted by atomic mass is 9.98. The van der Waals surface area contributed by atoms with Crippen LogP contribution in [0.5, 0.6) is 0 Å². The smallest absolute Gasteiger partial charge is 0.407 e. The minimum absolute atomic E-state index is 0.0896. The van der Waals surface area contributed by atoms with Crippen LogP contribution >= 0.6 is 0 Å². The lowest BCUT2D eigenvalue weighted by Gasteiger charge is -2.18. The Balaban J connectivity index is 1.31. The van der Waals surface area contributed by atoms with Crippen molar-refractivity contribution < 1.29 is 19.4 Å². The largest absolute Gasteiger partial charge is 0.480 e. The summed E-state index contributed by atoms with van der Waals surface area (Å²) in [6, 6.07) is 24.4. The highest BCUT2D eigenvalue weighted by atomic mass is 16.5. The fourth-order valence-electron chi connectivity index (χ4n) is 4.77. The van der Waals surface area contributed by atoms with E-state index in [1.165, 1.54) is 0 Å². The van der Waals surface area contributed by atoms with Gasteiger partial charge in [-0.1, -0.05) is 66.7 Å². The summed E-state index contributed by atoms with van der Waals surface area (Å²) < 4.78 is 5.54. The molecule has 6 nitrogen and oxygen atoms in total. The summed E-state index contributed by atoms with van der Waals surface area (Å²) in [4.78, 5) is 29.1. The van der Waals surface area contributed by atoms with Gasteiger partial charge in [0.25, 0.3) is 0 Å². The van der Waals surface area contributed by atoms with Crippen molar-refractivity contribution in [1.29, 1.82) is 0 Å². The number of aliphatic carboxylic acids is 1. The van der Waals surface area contributed by atoms with Crippen LogP contribution in [-0.2, 0) is 16.0 Å². The molecule has 2 N–H and O–H groups in total. The van der Waals surface area contributed by atoms with Crippen LogP contribution in [-0.4, -0.2) is 34.8 Å². The number of aryl methyl sites for hydroxylation is 1. The highest BCUT2D eigenvalue weighted by molar-refractivity contribution is 5.85. The molecule has 34 heavy (non-hydrogen) atoms. The summed E-state index contributed by atoms with van der Waals surface area (Å²) in [5.74, 6) is -1.21. The quantitative estimate of drug-likeness (QED) is 0.426. The van der Waals surface area contributed by atoms with Crippen molar-refractivity contribution in [3.8, 4) is 11.1 Å². The average Bonchev–Trinajstić information content (AvgIpc) is 3.16. The molecule has 1 amide bonds. The number of benzene rings is 3. The topological polar surface area (TPSA) is 88.5 Å². The van der Waals surface area contributed by atoms with E-state index >= 15 is 0 Å². The number of ether oxygens (including phenoxy) is 1. The van der Waals surface area contributed by atoms with Crippen LogP contribution in [0.4, 0.5) is 4.79 Å². The number of nitrogens with one attached hydrogen (secondary N) is 1. The number of aromatic nitrogens is 1. The van der Waals surface area contributed by atoms with Gasteiger partial charge in [0.2, 0.25) is 0 Å². The Morgan fingerprint density at radius 3 is 2.26 bits per heavy atom. The SMILES string of the molecule is Cc1cc(C[C@H](NC(=O)OCC2c3ccccc3-c3ccccc32)C(=O)O)c2ccccc2n1. The summed E-state index contributed by atoms with van der Waals surface area (Å²) in [5.41, 5.74) is 6.87. The minimum atomic E-state index is -1.12. The second kappa shape index (κ2) is 8.98. The zero-order valence-corrected chi connectivity index (χ0v) is 18.7. The van der Waals surface area contributed by atoms with Crippen LogP contribution in [0.15, 0.2) is 78.9 Å². The lowest BCUT2D eigenvalue weighted by Crippen LogP contribution is -2.43. The van der Waals surface area contributed by atoms with E-state index in [9.17, 15) is 14.7 Å². The van der Waals surface area contributed by atoms with Crippen LogP contribution in [0.25, 0.3) is 22.0 Å². The van der Waals surface area contributed by atoms with Gasteiger partial charge in [-0.25, -0.2) is 9.59 Å². The number of carboxylic acid groups (broad SMARTS) is 1. The molecule has 0 bridgehead atoms. The number of hydrogen-bond acceptors (Lipinski definition) is 4. The van der Waals surface area contributed by atoms with Crippen molar-refractivity contribution in [2.75, 3.05) is 6.61 Å². The Morgan fingerprint density at radius 1 is 0.971 bits per heavy atom. The minimum Gasteiger partial charge on any atom is -0.480 e. The van der Waals surface area contributed by atoms with Gasteiger partial charge in [-0.2, -0.15) is 0 Å². The first-order chi connectivity index (χ1) is 16.5. The Hall–Kier alpha value is -4.19. The van der Waals surface area contributed by atoms with Crippen LogP contribution < -0.4 is 5.32 Å². The van der Waals surface area contributed by atoms with Crippen molar-refractivity contribution >= 4 is 23.0 Å². The van der Waals surface area contributed by atoms with Crippen molar-refractivity contribution in [2.24, 2.45) is 0 Å². The normalized spacial score (nSPS) is 13.2. The average molecular weight is 453 g/mol. The Bertz CT molecular complexity index is 1350. The number of carbonyl (C=O) groups excluding carboxylic acids is 1. The summed E-state index contributed by atoms with van der Waals surface area (Å²) in [6.07, 6.45) is -0.618. The second-order valence-electron chi connectivity index (χ2n) is 8.50. The Morgan fingerprint density at radius 2 is 1.59 bits per heavy atom. The molecule has 170 valence electrons.